The van der Waals surface area contributed by atoms with Crippen molar-refractivity contribution in [1.29, 1.82) is 0 Å². The molecule has 3 heterocycles. The Kier molecular flexibility index (Phi) is 7.90. The predicted molar refractivity (Wildman–Crippen MR) is 141 cm³/mol. The minimum Gasteiger partial charge on any atom is -0.494 e. The Bertz CT molecular complexity index is 988. The maximum atomic E-state index is 13.9. The van der Waals surface area contributed by atoms with Gasteiger partial charge in [0.25, 0.3) is 0 Å². The van der Waals surface area contributed by atoms with Gasteiger partial charge in [-0.25, -0.2) is 0 Å². The van der Waals surface area contributed by atoms with Crippen LogP contribution in [0.25, 0.3) is 0 Å². The van der Waals surface area contributed by atoms with Crippen LogP contribution >= 0.6 is 11.8 Å². The van der Waals surface area contributed by atoms with Gasteiger partial charge in [0.2, 0.25) is 17.7 Å². The molecule has 6 atom stereocenters. The van der Waals surface area contributed by atoms with Crippen molar-refractivity contribution in [2.24, 2.45) is 11.8 Å². The SMILES string of the molecule is CCCC(C)NC(=O)C1N(CCCO)C(=O)[C@@H]2[C@H](C(=O)Nc3ccc(OCC)cc3)[C@]3(C)CCC12S3. The fourth-order valence-electron chi connectivity index (χ4n) is 6.46. The van der Waals surface area contributed by atoms with Crippen LogP contribution < -0.4 is 15.4 Å². The van der Waals surface area contributed by atoms with Gasteiger partial charge in [-0.3, -0.25) is 14.4 Å². The number of hydrogen-bond donors (Lipinski definition) is 3. The van der Waals surface area contributed by atoms with Gasteiger partial charge in [0, 0.05) is 29.6 Å². The standard InChI is InChI=1S/C27H39N3O5S/c1-5-8-17(3)28-24(33)22-27-14-13-26(4,36-27)20(21(27)25(34)30(22)15-7-16-31)23(32)29-18-9-11-19(12-10-18)35-6-2/h9-12,17,20-22,31H,5-8,13-16H2,1-4H3,(H,28,33)(H,29,32)/t17?,20-,21+,22?,26+,27?/m1/s1. The van der Waals surface area contributed by atoms with Crippen LogP contribution in [0.1, 0.15) is 59.8 Å². The van der Waals surface area contributed by atoms with Crippen LogP contribution in [0, 0.1) is 11.8 Å². The quantitative estimate of drug-likeness (QED) is 0.416. The monoisotopic (exact) mass is 517 g/mol. The average Bonchev–Trinajstić information content (AvgIpc) is 3.40. The highest BCUT2D eigenvalue weighted by atomic mass is 32.2. The number of carbonyl (C=O) groups excluding carboxylic acids is 3. The molecule has 3 unspecified atom stereocenters. The molecule has 8 nitrogen and oxygen atoms in total. The molecule has 0 aliphatic carbocycles. The first-order valence-corrected chi connectivity index (χ1v) is 14.0. The van der Waals surface area contributed by atoms with E-state index in [0.29, 0.717) is 31.7 Å². The summed E-state index contributed by atoms with van der Waals surface area (Å²) in [5.74, 6) is -0.855. The Hall–Kier alpha value is -2.26. The third-order valence-corrected chi connectivity index (χ3v) is 9.89. The van der Waals surface area contributed by atoms with E-state index in [1.807, 2.05) is 26.0 Å². The van der Waals surface area contributed by atoms with E-state index in [2.05, 4.69) is 24.5 Å². The van der Waals surface area contributed by atoms with Gasteiger partial charge in [-0.05, 0) is 70.7 Å². The number of rotatable bonds is 11. The molecule has 0 radical (unpaired) electrons. The lowest BCUT2D eigenvalue weighted by Gasteiger charge is -2.35. The number of thioether (sulfide) groups is 1. The Labute approximate surface area is 217 Å². The molecule has 4 rings (SSSR count). The lowest BCUT2D eigenvalue weighted by Crippen LogP contribution is -2.55. The molecular formula is C27H39N3O5S. The molecule has 3 saturated heterocycles. The van der Waals surface area contributed by atoms with Crippen molar-refractivity contribution in [2.45, 2.75) is 81.4 Å². The van der Waals surface area contributed by atoms with Gasteiger partial charge in [-0.2, -0.15) is 0 Å². The van der Waals surface area contributed by atoms with E-state index < -0.39 is 27.4 Å². The molecule has 3 amide bonds. The molecule has 0 aromatic heterocycles. The van der Waals surface area contributed by atoms with Gasteiger partial charge in [-0.15, -0.1) is 11.8 Å². The minimum absolute atomic E-state index is 0.00527. The number of hydrogen-bond acceptors (Lipinski definition) is 6. The molecule has 36 heavy (non-hydrogen) atoms. The summed E-state index contributed by atoms with van der Waals surface area (Å²) in [5, 5.41) is 15.6. The molecule has 1 aromatic rings. The summed E-state index contributed by atoms with van der Waals surface area (Å²) in [4.78, 5) is 42.9. The first-order chi connectivity index (χ1) is 17.2. The third-order valence-electron chi connectivity index (χ3n) is 7.91. The second-order valence-corrected chi connectivity index (χ2v) is 12.4. The molecular weight excluding hydrogens is 478 g/mol. The lowest BCUT2D eigenvalue weighted by atomic mass is 9.66. The predicted octanol–water partition coefficient (Wildman–Crippen LogP) is 3.19. The smallest absolute Gasteiger partial charge is 0.244 e. The highest BCUT2D eigenvalue weighted by molar-refractivity contribution is 8.02. The van der Waals surface area contributed by atoms with E-state index in [1.165, 1.54) is 0 Å². The highest BCUT2D eigenvalue weighted by Gasteiger charge is 2.77. The van der Waals surface area contributed by atoms with Crippen LogP contribution in [0.5, 0.6) is 5.75 Å². The van der Waals surface area contributed by atoms with Crippen LogP contribution in [-0.2, 0) is 14.4 Å². The molecule has 1 aromatic carbocycles. The molecule has 2 bridgehead atoms. The van der Waals surface area contributed by atoms with Crippen LogP contribution in [0.4, 0.5) is 5.69 Å². The Morgan fingerprint density at radius 3 is 2.58 bits per heavy atom. The van der Waals surface area contributed by atoms with E-state index >= 15 is 0 Å². The van der Waals surface area contributed by atoms with Crippen molar-refractivity contribution in [2.75, 3.05) is 25.1 Å². The van der Waals surface area contributed by atoms with Crippen LogP contribution in [-0.4, -0.2) is 69.1 Å². The zero-order valence-corrected chi connectivity index (χ0v) is 22.5. The second kappa shape index (κ2) is 10.6. The zero-order chi connectivity index (χ0) is 26.1. The number of fused-ring (bicyclic) bond motifs is 1. The van der Waals surface area contributed by atoms with Crippen molar-refractivity contribution in [1.82, 2.24) is 10.2 Å². The minimum atomic E-state index is -0.643. The second-order valence-electron chi connectivity index (χ2n) is 10.5. The number of carbonyl (C=O) groups is 3. The number of aliphatic hydroxyl groups is 1. The first-order valence-electron chi connectivity index (χ1n) is 13.2. The number of nitrogens with zero attached hydrogens (tertiary/aromatic N) is 1. The molecule has 9 heteroatoms. The number of benzene rings is 1. The van der Waals surface area contributed by atoms with Crippen LogP contribution in [0.3, 0.4) is 0 Å². The fraction of sp³-hybridized carbons (Fsp3) is 0.667. The van der Waals surface area contributed by atoms with E-state index in [9.17, 15) is 19.5 Å². The number of ether oxygens (including phenoxy) is 1. The molecule has 3 aliphatic heterocycles. The molecule has 3 N–H and O–H groups in total. The summed E-state index contributed by atoms with van der Waals surface area (Å²) >= 11 is 1.66. The Morgan fingerprint density at radius 1 is 1.22 bits per heavy atom. The molecule has 198 valence electrons. The summed E-state index contributed by atoms with van der Waals surface area (Å²) < 4.78 is 4.43. The number of nitrogens with one attached hydrogen (secondary N) is 2. The van der Waals surface area contributed by atoms with Crippen molar-refractivity contribution in [3.8, 4) is 5.75 Å². The number of amides is 3. The third kappa shape index (κ3) is 4.60. The highest BCUT2D eigenvalue weighted by Crippen LogP contribution is 2.71. The molecule has 3 fully saturated rings. The number of aliphatic hydroxyl groups excluding tert-OH is 1. The van der Waals surface area contributed by atoms with Gasteiger partial charge < -0.3 is 25.4 Å². The maximum Gasteiger partial charge on any atom is 0.244 e. The van der Waals surface area contributed by atoms with E-state index in [-0.39, 0.29) is 30.4 Å². The summed E-state index contributed by atoms with van der Waals surface area (Å²) in [6, 6.07) is 6.59. The Morgan fingerprint density at radius 2 is 1.94 bits per heavy atom. The van der Waals surface area contributed by atoms with Crippen molar-refractivity contribution in [3.63, 3.8) is 0 Å². The first kappa shape index (κ1) is 26.8. The van der Waals surface area contributed by atoms with Gasteiger partial charge in [0.05, 0.1) is 23.2 Å². The maximum absolute atomic E-state index is 13.9. The van der Waals surface area contributed by atoms with Crippen molar-refractivity contribution < 1.29 is 24.2 Å². The molecule has 1 spiro atoms. The van der Waals surface area contributed by atoms with E-state index in [1.54, 1.807) is 28.8 Å². The number of likely N-dealkylation sites (tertiary alicyclic amines) is 1. The van der Waals surface area contributed by atoms with Gasteiger partial charge in [0.15, 0.2) is 0 Å². The topological polar surface area (TPSA) is 108 Å². The van der Waals surface area contributed by atoms with Crippen LogP contribution in [0.2, 0.25) is 0 Å². The lowest BCUT2D eigenvalue weighted by molar-refractivity contribution is -0.139. The zero-order valence-electron chi connectivity index (χ0n) is 21.7. The van der Waals surface area contributed by atoms with E-state index in [4.69, 9.17) is 4.74 Å². The summed E-state index contributed by atoms with van der Waals surface area (Å²) in [6.45, 7) is 8.85. The van der Waals surface area contributed by atoms with Crippen LogP contribution in [0.15, 0.2) is 24.3 Å². The van der Waals surface area contributed by atoms with E-state index in [0.717, 1.165) is 25.0 Å². The number of anilines is 1. The van der Waals surface area contributed by atoms with Crippen molar-refractivity contribution >= 4 is 35.2 Å². The fourth-order valence-corrected chi connectivity index (χ4v) is 8.81. The largest absolute Gasteiger partial charge is 0.494 e. The van der Waals surface area contributed by atoms with Gasteiger partial charge >= 0.3 is 0 Å². The van der Waals surface area contributed by atoms with Gasteiger partial charge in [-0.1, -0.05) is 13.3 Å². The normalized spacial score (nSPS) is 31.3. The summed E-state index contributed by atoms with van der Waals surface area (Å²) in [7, 11) is 0. The van der Waals surface area contributed by atoms with Gasteiger partial charge in [0.1, 0.15) is 11.8 Å². The molecule has 3 aliphatic rings. The summed E-state index contributed by atoms with van der Waals surface area (Å²) in [6.07, 6.45) is 3.69. The molecule has 0 saturated carbocycles. The Balaban J connectivity index is 1.62. The average molecular weight is 518 g/mol. The summed E-state index contributed by atoms with van der Waals surface area (Å²) in [5.41, 5.74) is 0.652. The van der Waals surface area contributed by atoms with Crippen molar-refractivity contribution in [3.05, 3.63) is 24.3 Å².